The summed E-state index contributed by atoms with van der Waals surface area (Å²) in [6.07, 6.45) is 3.64. The SMILES string of the molecule is C=NC/C=C(Cl)\C(=C(/C)Cl)N1CCN(C(C)=O)CC1.CC.CNc1c(-c2ccc(N3CCOCC3)cc2)nc2cc(C(F)P)ccn12. The van der Waals surface area contributed by atoms with Crippen molar-refractivity contribution in [2.24, 2.45) is 4.99 Å². The number of ether oxygens (including phenoxy) is 1. The summed E-state index contributed by atoms with van der Waals surface area (Å²) in [5.41, 5.74) is 5.22. The lowest BCUT2D eigenvalue weighted by molar-refractivity contribution is -0.130. The number of anilines is 2. The van der Waals surface area contributed by atoms with Crippen molar-refractivity contribution in [3.05, 3.63) is 70.0 Å². The first-order valence-electron chi connectivity index (χ1n) is 15.8. The number of aliphatic imine (C=N–C) groups is 1. The number of pyridine rings is 1. The summed E-state index contributed by atoms with van der Waals surface area (Å²) in [6.45, 7) is 17.5. The van der Waals surface area contributed by atoms with E-state index in [1.54, 1.807) is 25.1 Å². The average Bonchev–Trinajstić information content (AvgIpc) is 3.47. The lowest BCUT2D eigenvalue weighted by atomic mass is 10.1. The molecule has 2 aromatic heterocycles. The maximum atomic E-state index is 13.6. The highest BCUT2D eigenvalue weighted by Gasteiger charge is 2.23. The Morgan fingerprint density at radius 2 is 1.70 bits per heavy atom. The van der Waals surface area contributed by atoms with Gasteiger partial charge in [-0.25, -0.2) is 9.37 Å². The third-order valence-corrected chi connectivity index (χ3v) is 8.61. The summed E-state index contributed by atoms with van der Waals surface area (Å²) in [5, 5.41) is 4.44. The zero-order chi connectivity index (χ0) is 34.5. The van der Waals surface area contributed by atoms with E-state index in [9.17, 15) is 9.18 Å². The fourth-order valence-electron chi connectivity index (χ4n) is 5.34. The quantitative estimate of drug-likeness (QED) is 0.152. The van der Waals surface area contributed by atoms with Gasteiger partial charge in [0.25, 0.3) is 0 Å². The van der Waals surface area contributed by atoms with E-state index in [0.717, 1.165) is 67.8 Å². The first-order valence-corrected chi connectivity index (χ1v) is 17.2. The predicted octanol–water partition coefficient (Wildman–Crippen LogP) is 7.19. The number of imidazole rings is 1. The van der Waals surface area contributed by atoms with Gasteiger partial charge in [-0.2, -0.15) is 0 Å². The van der Waals surface area contributed by atoms with Gasteiger partial charge in [-0.1, -0.05) is 58.4 Å². The largest absolute Gasteiger partial charge is 0.378 e. The number of fused-ring (bicyclic) bond motifs is 1. The van der Waals surface area contributed by atoms with Crippen molar-refractivity contribution >= 4 is 62.2 Å². The van der Waals surface area contributed by atoms with Crippen LogP contribution in [0.2, 0.25) is 0 Å². The zero-order valence-electron chi connectivity index (χ0n) is 28.0. The number of piperazine rings is 1. The van der Waals surface area contributed by atoms with E-state index in [1.165, 1.54) is 5.69 Å². The third kappa shape index (κ3) is 10.2. The monoisotopic (exact) mass is 705 g/mol. The van der Waals surface area contributed by atoms with Crippen LogP contribution in [0, 0.1) is 0 Å². The van der Waals surface area contributed by atoms with Gasteiger partial charge in [0.1, 0.15) is 23.1 Å². The molecule has 9 nitrogen and oxygen atoms in total. The molecule has 5 rings (SSSR count). The minimum absolute atomic E-state index is 0.102. The second-order valence-electron chi connectivity index (χ2n) is 10.6. The molecule has 3 aromatic rings. The number of aromatic nitrogens is 2. The van der Waals surface area contributed by atoms with Gasteiger partial charge in [0.2, 0.25) is 5.91 Å². The number of nitrogens with zero attached hydrogens (tertiary/aromatic N) is 6. The minimum atomic E-state index is -1.09. The molecular weight excluding hydrogens is 659 g/mol. The Labute approximate surface area is 290 Å². The topological polar surface area (TPSA) is 77.7 Å². The van der Waals surface area contributed by atoms with Crippen LogP contribution in [-0.2, 0) is 9.53 Å². The summed E-state index contributed by atoms with van der Waals surface area (Å²) < 4.78 is 21.0. The third-order valence-electron chi connectivity index (χ3n) is 7.72. The molecule has 1 N–H and O–H groups in total. The van der Waals surface area contributed by atoms with Crippen LogP contribution >= 0.6 is 32.4 Å². The Balaban J connectivity index is 0.000000255. The molecule has 13 heteroatoms. The van der Waals surface area contributed by atoms with Gasteiger partial charge in [-0.05, 0) is 49.5 Å². The Kier molecular flexibility index (Phi) is 15.5. The van der Waals surface area contributed by atoms with E-state index in [4.69, 9.17) is 32.9 Å². The number of nitrogens with one attached hydrogen (secondary N) is 1. The van der Waals surface area contributed by atoms with Crippen LogP contribution < -0.4 is 10.2 Å². The Hall–Kier alpha value is -3.17. The fourth-order valence-corrected chi connectivity index (χ4v) is 6.15. The average molecular weight is 707 g/mol. The summed E-state index contributed by atoms with van der Waals surface area (Å²) in [4.78, 5) is 26.0. The lowest BCUT2D eigenvalue weighted by Crippen LogP contribution is -2.47. The molecule has 2 aliphatic rings. The molecular formula is C34H47Cl2FN7O2P. The number of rotatable bonds is 8. The van der Waals surface area contributed by atoms with Gasteiger partial charge in [-0.3, -0.25) is 14.2 Å². The van der Waals surface area contributed by atoms with Crippen LogP contribution in [0.1, 0.15) is 39.2 Å². The van der Waals surface area contributed by atoms with E-state index in [1.807, 2.05) is 43.3 Å². The highest BCUT2D eigenvalue weighted by Crippen LogP contribution is 2.32. The molecule has 0 radical (unpaired) electrons. The molecule has 256 valence electrons. The van der Waals surface area contributed by atoms with Gasteiger partial charge >= 0.3 is 0 Å². The number of alkyl halides is 1. The van der Waals surface area contributed by atoms with Gasteiger partial charge in [-0.15, -0.1) is 0 Å². The van der Waals surface area contributed by atoms with Gasteiger partial charge < -0.3 is 24.8 Å². The summed E-state index contributed by atoms with van der Waals surface area (Å²) >= 11 is 12.4. The van der Waals surface area contributed by atoms with E-state index in [2.05, 4.69) is 60.3 Å². The van der Waals surface area contributed by atoms with Crippen molar-refractivity contribution in [2.45, 2.75) is 33.6 Å². The maximum Gasteiger partial charge on any atom is 0.219 e. The van der Waals surface area contributed by atoms with Crippen molar-refractivity contribution in [3.63, 3.8) is 0 Å². The van der Waals surface area contributed by atoms with Gasteiger partial charge in [0, 0.05) is 75.7 Å². The number of allylic oxidation sites excluding steroid dienone is 2. The molecule has 2 saturated heterocycles. The Bertz CT molecular complexity index is 1530. The number of hydrogen-bond acceptors (Lipinski definition) is 7. The molecule has 1 amide bonds. The fraction of sp³-hybridized carbons (Fsp3) is 0.441. The van der Waals surface area contributed by atoms with Crippen LogP contribution in [0.3, 0.4) is 0 Å². The van der Waals surface area contributed by atoms with E-state index < -0.39 is 5.91 Å². The number of morpholine rings is 1. The lowest BCUT2D eigenvalue weighted by Gasteiger charge is -2.37. The highest BCUT2D eigenvalue weighted by atomic mass is 35.5. The van der Waals surface area contributed by atoms with Crippen LogP contribution in [-0.4, -0.2) is 97.9 Å². The van der Waals surface area contributed by atoms with Gasteiger partial charge in [0.15, 0.2) is 0 Å². The zero-order valence-corrected chi connectivity index (χ0v) is 30.6. The Morgan fingerprint density at radius 3 is 2.23 bits per heavy atom. The van der Waals surface area contributed by atoms with E-state index >= 15 is 0 Å². The number of amides is 1. The van der Waals surface area contributed by atoms with Crippen LogP contribution in [0.4, 0.5) is 15.9 Å². The summed E-state index contributed by atoms with van der Waals surface area (Å²) in [7, 11) is 4.05. The molecule has 47 heavy (non-hydrogen) atoms. The standard InChI is InChI=1S/C19H22FN4OP.C13H19Cl2N3O.C2H6/c1-21-19-17(22-16-12-14(18(20)26)6-7-24(16)19)13-2-4-15(5-3-13)23-8-10-25-11-9-23;1-10(14)13(12(15)4-5-16-3)18-8-6-17(7-9-18)11(2)19;1-2/h2-7,12,18,21H,8-11,26H2,1H3;4H,3,5-9H2,1-2H3;1-2H3/b;12-4+,13-10-;. The van der Waals surface area contributed by atoms with Crippen molar-refractivity contribution in [1.82, 2.24) is 19.2 Å². The number of benzene rings is 1. The summed E-state index contributed by atoms with van der Waals surface area (Å²) in [6, 6.07) is 12.0. The normalized spacial score (nSPS) is 16.4. The molecule has 0 saturated carbocycles. The van der Waals surface area contributed by atoms with Crippen molar-refractivity contribution < 1.29 is 13.9 Å². The second-order valence-corrected chi connectivity index (χ2v) is 12.2. The predicted molar refractivity (Wildman–Crippen MR) is 199 cm³/mol. The van der Waals surface area contributed by atoms with E-state index in [0.29, 0.717) is 35.3 Å². The first-order chi connectivity index (χ1) is 22.6. The summed E-state index contributed by atoms with van der Waals surface area (Å²) in [5.74, 6) is -0.0962. The number of halogens is 3. The molecule has 0 bridgehead atoms. The number of hydrogen-bond donors (Lipinski definition) is 1. The molecule has 2 atom stereocenters. The Morgan fingerprint density at radius 1 is 1.09 bits per heavy atom. The molecule has 4 heterocycles. The first kappa shape index (κ1) is 38.3. The molecule has 2 fully saturated rings. The van der Waals surface area contributed by atoms with Crippen LogP contribution in [0.25, 0.3) is 16.9 Å². The van der Waals surface area contributed by atoms with E-state index in [-0.39, 0.29) is 5.91 Å². The minimum Gasteiger partial charge on any atom is -0.378 e. The molecule has 1 aromatic carbocycles. The molecule has 0 aliphatic carbocycles. The number of carbonyl (C=O) groups is 1. The smallest absolute Gasteiger partial charge is 0.219 e. The molecule has 2 aliphatic heterocycles. The van der Waals surface area contributed by atoms with Crippen molar-refractivity contribution in [1.29, 1.82) is 0 Å². The molecule has 2 unspecified atom stereocenters. The second kappa shape index (κ2) is 19.0. The highest BCUT2D eigenvalue weighted by molar-refractivity contribution is 7.16. The van der Waals surface area contributed by atoms with Crippen molar-refractivity contribution in [2.75, 3.05) is 76.3 Å². The number of carbonyl (C=O) groups excluding carboxylic acids is 1. The van der Waals surface area contributed by atoms with Crippen LogP contribution in [0.5, 0.6) is 0 Å². The molecule has 0 spiro atoms. The maximum absolute atomic E-state index is 13.6. The van der Waals surface area contributed by atoms with Crippen molar-refractivity contribution in [3.8, 4) is 11.3 Å². The van der Waals surface area contributed by atoms with Gasteiger partial charge in [0.05, 0.1) is 30.5 Å². The van der Waals surface area contributed by atoms with Crippen LogP contribution in [0.15, 0.2) is 69.4 Å².